The molecule has 0 spiro atoms. The van der Waals surface area contributed by atoms with Gasteiger partial charge in [0.1, 0.15) is 19.3 Å². The number of carbonyl (C=O) groups is 4. The molecule has 103 heavy (non-hydrogen) atoms. The lowest BCUT2D eigenvalue weighted by Gasteiger charge is -2.21. The lowest BCUT2D eigenvalue weighted by molar-refractivity contribution is -0.161. The molecule has 0 aliphatic heterocycles. The molecular weight excluding hydrogens is 1340 g/mol. The van der Waals surface area contributed by atoms with Crippen molar-refractivity contribution in [3.05, 3.63) is 0 Å². The SMILES string of the molecule is CCC(C)CCCCCCCCCCCCCCCCCCCCC(=O)O[C@H](COC(=O)CCCCCCCCC(C)C)COP(=O)(O)OC[C@H](O)COP(=O)(O)OC[C@@H](COC(=O)CCCCCCCCCCCCCCCCC(C)CC)OC(=O)CCCCCCCCCCCCC(C)CC. The first-order chi connectivity index (χ1) is 49.7. The van der Waals surface area contributed by atoms with Crippen molar-refractivity contribution in [2.45, 2.75) is 453 Å². The fourth-order valence-corrected chi connectivity index (χ4v) is 14.4. The second-order valence-electron chi connectivity index (χ2n) is 31.4. The molecule has 0 amide bonds. The summed E-state index contributed by atoms with van der Waals surface area (Å²) in [4.78, 5) is 73.1. The van der Waals surface area contributed by atoms with E-state index in [1.54, 1.807) is 0 Å². The summed E-state index contributed by atoms with van der Waals surface area (Å²) in [5, 5.41) is 10.7. The average Bonchev–Trinajstić information content (AvgIpc) is 0.936. The first kappa shape index (κ1) is 101. The molecule has 0 saturated carbocycles. The van der Waals surface area contributed by atoms with E-state index in [1.807, 2.05) is 0 Å². The zero-order valence-electron chi connectivity index (χ0n) is 68.0. The van der Waals surface area contributed by atoms with Gasteiger partial charge >= 0.3 is 39.5 Å². The van der Waals surface area contributed by atoms with Gasteiger partial charge in [0.15, 0.2) is 12.2 Å². The number of hydrogen-bond donors (Lipinski definition) is 3. The van der Waals surface area contributed by atoms with E-state index in [2.05, 4.69) is 55.4 Å². The molecule has 0 fully saturated rings. The number of phosphoric ester groups is 2. The number of phosphoric acid groups is 2. The second-order valence-corrected chi connectivity index (χ2v) is 34.3. The van der Waals surface area contributed by atoms with Crippen molar-refractivity contribution in [1.29, 1.82) is 0 Å². The molecule has 8 atom stereocenters. The van der Waals surface area contributed by atoms with E-state index in [-0.39, 0.29) is 25.7 Å². The summed E-state index contributed by atoms with van der Waals surface area (Å²) in [6.07, 6.45) is 61.1. The number of unbranched alkanes of at least 4 members (excludes halogenated alkanes) is 44. The lowest BCUT2D eigenvalue weighted by Crippen LogP contribution is -2.30. The third-order valence-corrected chi connectivity index (χ3v) is 22.6. The molecule has 0 aromatic carbocycles. The molecule has 0 rings (SSSR count). The van der Waals surface area contributed by atoms with Gasteiger partial charge < -0.3 is 33.8 Å². The molecule has 17 nitrogen and oxygen atoms in total. The summed E-state index contributed by atoms with van der Waals surface area (Å²) in [6.45, 7) is 14.3. The highest BCUT2D eigenvalue weighted by atomic mass is 31.2. The Kier molecular flexibility index (Phi) is 71.5. The van der Waals surface area contributed by atoms with Crippen LogP contribution in [0.3, 0.4) is 0 Å². The van der Waals surface area contributed by atoms with Crippen molar-refractivity contribution in [1.82, 2.24) is 0 Å². The molecular formula is C84H164O17P2. The van der Waals surface area contributed by atoms with Crippen LogP contribution in [0, 0.1) is 23.7 Å². The molecule has 3 N–H and O–H groups in total. The largest absolute Gasteiger partial charge is 0.472 e. The maximum absolute atomic E-state index is 13.1. The Labute approximate surface area is 632 Å². The van der Waals surface area contributed by atoms with Crippen LogP contribution in [0.15, 0.2) is 0 Å². The topological polar surface area (TPSA) is 237 Å². The van der Waals surface area contributed by atoms with E-state index < -0.39 is 97.5 Å². The van der Waals surface area contributed by atoms with Crippen LogP contribution >= 0.6 is 15.6 Å². The number of aliphatic hydroxyl groups excluding tert-OH is 1. The highest BCUT2D eigenvalue weighted by molar-refractivity contribution is 7.47. The van der Waals surface area contributed by atoms with Gasteiger partial charge in [-0.15, -0.1) is 0 Å². The molecule has 0 bridgehead atoms. The van der Waals surface area contributed by atoms with Crippen LogP contribution in [0.2, 0.25) is 0 Å². The Morgan fingerprint density at radius 3 is 0.689 bits per heavy atom. The number of ether oxygens (including phenoxy) is 4. The van der Waals surface area contributed by atoms with Crippen LogP contribution in [0.1, 0.15) is 434 Å². The van der Waals surface area contributed by atoms with Crippen molar-refractivity contribution in [3.63, 3.8) is 0 Å². The normalized spacial score (nSPS) is 14.8. The zero-order chi connectivity index (χ0) is 76.0. The summed E-state index contributed by atoms with van der Waals surface area (Å²) in [6, 6.07) is 0. The molecule has 0 aliphatic carbocycles. The molecule has 0 aromatic heterocycles. The van der Waals surface area contributed by atoms with Gasteiger partial charge in [0.2, 0.25) is 0 Å². The van der Waals surface area contributed by atoms with Crippen LogP contribution in [-0.2, 0) is 65.4 Å². The highest BCUT2D eigenvalue weighted by Gasteiger charge is 2.30. The second kappa shape index (κ2) is 72.9. The van der Waals surface area contributed by atoms with Crippen molar-refractivity contribution < 1.29 is 80.2 Å². The quantitative estimate of drug-likeness (QED) is 0.0222. The number of rotatable bonds is 81. The number of esters is 4. The van der Waals surface area contributed by atoms with Gasteiger partial charge in [-0.25, -0.2) is 9.13 Å². The predicted molar refractivity (Wildman–Crippen MR) is 423 cm³/mol. The Balaban J connectivity index is 5.18. The first-order valence-corrected chi connectivity index (χ1v) is 46.3. The van der Waals surface area contributed by atoms with Crippen molar-refractivity contribution in [3.8, 4) is 0 Å². The Hall–Kier alpha value is -1.94. The summed E-state index contributed by atoms with van der Waals surface area (Å²) in [5.74, 6) is 1.09. The van der Waals surface area contributed by atoms with Crippen LogP contribution in [0.25, 0.3) is 0 Å². The van der Waals surface area contributed by atoms with Gasteiger partial charge in [-0.2, -0.15) is 0 Å². The van der Waals surface area contributed by atoms with Gasteiger partial charge in [0.05, 0.1) is 26.4 Å². The minimum Gasteiger partial charge on any atom is -0.462 e. The highest BCUT2D eigenvalue weighted by Crippen LogP contribution is 2.45. The monoisotopic (exact) mass is 1510 g/mol. The summed E-state index contributed by atoms with van der Waals surface area (Å²) < 4.78 is 68.8. The molecule has 0 radical (unpaired) electrons. The van der Waals surface area contributed by atoms with Gasteiger partial charge in [0.25, 0.3) is 0 Å². The van der Waals surface area contributed by atoms with Crippen molar-refractivity contribution >= 4 is 39.5 Å². The number of hydrogen-bond acceptors (Lipinski definition) is 15. The summed E-state index contributed by atoms with van der Waals surface area (Å²) in [7, 11) is -9.92. The fraction of sp³-hybridized carbons (Fsp3) is 0.952. The summed E-state index contributed by atoms with van der Waals surface area (Å²) >= 11 is 0. The van der Waals surface area contributed by atoms with Crippen molar-refractivity contribution in [2.75, 3.05) is 39.6 Å². The average molecular weight is 1510 g/mol. The van der Waals surface area contributed by atoms with E-state index in [9.17, 15) is 43.2 Å². The van der Waals surface area contributed by atoms with E-state index >= 15 is 0 Å². The molecule has 5 unspecified atom stereocenters. The number of aliphatic hydroxyl groups is 1. The van der Waals surface area contributed by atoms with Crippen molar-refractivity contribution in [2.24, 2.45) is 23.7 Å². The Bertz CT molecular complexity index is 2010. The fourth-order valence-electron chi connectivity index (χ4n) is 12.9. The van der Waals surface area contributed by atoms with Crippen LogP contribution in [-0.4, -0.2) is 96.7 Å². The van der Waals surface area contributed by atoms with Gasteiger partial charge in [0, 0.05) is 25.7 Å². The van der Waals surface area contributed by atoms with E-state index in [0.29, 0.717) is 31.6 Å². The maximum Gasteiger partial charge on any atom is 0.472 e. The van der Waals surface area contributed by atoms with Crippen LogP contribution in [0.5, 0.6) is 0 Å². The standard InChI is InChI=1S/C84H164O17P2/c1-9-75(6)61-53-45-36-30-24-20-16-14-12-13-15-17-23-27-34-40-50-58-66-83(88)101-80(71-95-82(87)65-57-49-43-42-44-52-60-74(4)5)73-99-103(92,93)97-69-78(85)68-96-102(90,91)98-72-79(100-84(89)67-59-51-41-35-29-28-32-38-47-55-63-77(8)11-3)70-94-81(86)64-56-48-39-33-26-22-19-18-21-25-31-37-46-54-62-76(7)10-2/h74-80,85H,9-73H2,1-8H3,(H,90,91)(H,92,93)/t75?,76?,77?,78-,79-,80-/m1/s1. The molecule has 0 heterocycles. The van der Waals surface area contributed by atoms with E-state index in [0.717, 1.165) is 114 Å². The third kappa shape index (κ3) is 74.0. The molecule has 19 heteroatoms. The first-order valence-electron chi connectivity index (χ1n) is 43.3. The van der Waals surface area contributed by atoms with Gasteiger partial charge in [-0.3, -0.25) is 37.3 Å². The Morgan fingerprint density at radius 2 is 0.466 bits per heavy atom. The third-order valence-electron chi connectivity index (χ3n) is 20.7. The summed E-state index contributed by atoms with van der Waals surface area (Å²) in [5.41, 5.74) is 0. The molecule has 0 aromatic rings. The zero-order valence-corrected chi connectivity index (χ0v) is 69.7. The minimum atomic E-state index is -4.96. The van der Waals surface area contributed by atoms with E-state index in [1.165, 1.54) is 231 Å². The molecule has 0 aliphatic rings. The van der Waals surface area contributed by atoms with E-state index in [4.69, 9.17) is 37.0 Å². The molecule has 0 saturated heterocycles. The lowest BCUT2D eigenvalue weighted by atomic mass is 9.99. The Morgan fingerprint density at radius 1 is 0.272 bits per heavy atom. The minimum absolute atomic E-state index is 0.106. The van der Waals surface area contributed by atoms with Gasteiger partial charge in [-0.05, 0) is 49.4 Å². The molecule has 612 valence electrons. The predicted octanol–water partition coefficient (Wildman–Crippen LogP) is 25.2. The van der Waals surface area contributed by atoms with Gasteiger partial charge in [-0.1, -0.05) is 383 Å². The number of carbonyl (C=O) groups excluding carboxylic acids is 4. The maximum atomic E-state index is 13.1. The van der Waals surface area contributed by atoms with Crippen LogP contribution < -0.4 is 0 Å². The van der Waals surface area contributed by atoms with Crippen LogP contribution in [0.4, 0.5) is 0 Å². The smallest absolute Gasteiger partial charge is 0.462 e.